The van der Waals surface area contributed by atoms with Crippen molar-refractivity contribution in [3.05, 3.63) is 76.7 Å². The molecule has 0 atom stereocenters. The summed E-state index contributed by atoms with van der Waals surface area (Å²) in [7, 11) is 1.31. The molecule has 1 heterocycles. The highest BCUT2D eigenvalue weighted by Gasteiger charge is 2.15. The maximum absolute atomic E-state index is 12.6. The van der Waals surface area contributed by atoms with Crippen molar-refractivity contribution >= 4 is 40.7 Å². The van der Waals surface area contributed by atoms with Gasteiger partial charge < -0.3 is 15.4 Å². The SMILES string of the molecule is COC(=O)c1ccccc1Nc1cc(C(=O)Nc2ccccc2Cl)nc(C)n1. The molecule has 0 aliphatic heterocycles. The molecule has 1 amide bonds. The summed E-state index contributed by atoms with van der Waals surface area (Å²) in [5, 5.41) is 6.18. The van der Waals surface area contributed by atoms with Gasteiger partial charge in [-0.05, 0) is 31.2 Å². The van der Waals surface area contributed by atoms with Gasteiger partial charge in [-0.2, -0.15) is 0 Å². The Balaban J connectivity index is 1.87. The van der Waals surface area contributed by atoms with E-state index in [9.17, 15) is 9.59 Å². The fourth-order valence-electron chi connectivity index (χ4n) is 2.52. The predicted molar refractivity (Wildman–Crippen MR) is 107 cm³/mol. The first-order valence-corrected chi connectivity index (χ1v) is 8.71. The van der Waals surface area contributed by atoms with E-state index in [0.717, 1.165) is 0 Å². The van der Waals surface area contributed by atoms with E-state index in [1.165, 1.54) is 13.2 Å². The molecule has 0 aliphatic rings. The molecule has 0 saturated carbocycles. The topological polar surface area (TPSA) is 93.2 Å². The number of benzene rings is 2. The van der Waals surface area contributed by atoms with Crippen LogP contribution in [0.3, 0.4) is 0 Å². The van der Waals surface area contributed by atoms with E-state index in [1.54, 1.807) is 55.5 Å². The van der Waals surface area contributed by atoms with Gasteiger partial charge in [-0.25, -0.2) is 14.8 Å². The zero-order valence-corrected chi connectivity index (χ0v) is 15.9. The van der Waals surface area contributed by atoms with E-state index >= 15 is 0 Å². The lowest BCUT2D eigenvalue weighted by Gasteiger charge is -2.12. The van der Waals surface area contributed by atoms with Gasteiger partial charge in [0.25, 0.3) is 5.91 Å². The Hall–Kier alpha value is -3.45. The number of halogens is 1. The molecule has 0 aliphatic carbocycles. The van der Waals surface area contributed by atoms with Gasteiger partial charge in [0.15, 0.2) is 0 Å². The molecule has 2 N–H and O–H groups in total. The van der Waals surface area contributed by atoms with E-state index in [-0.39, 0.29) is 5.69 Å². The van der Waals surface area contributed by atoms with Crippen molar-refractivity contribution in [1.29, 1.82) is 0 Å². The van der Waals surface area contributed by atoms with Crippen LogP contribution in [0.1, 0.15) is 26.7 Å². The summed E-state index contributed by atoms with van der Waals surface area (Å²) >= 11 is 6.08. The summed E-state index contributed by atoms with van der Waals surface area (Å²) in [6.07, 6.45) is 0. The summed E-state index contributed by atoms with van der Waals surface area (Å²) in [5.74, 6) is -0.147. The minimum Gasteiger partial charge on any atom is -0.465 e. The first-order valence-electron chi connectivity index (χ1n) is 8.34. The fourth-order valence-corrected chi connectivity index (χ4v) is 2.70. The highest BCUT2D eigenvalue weighted by Crippen LogP contribution is 2.23. The van der Waals surface area contributed by atoms with Crippen molar-refractivity contribution in [3.8, 4) is 0 Å². The molecule has 3 rings (SSSR count). The number of hydrogen-bond acceptors (Lipinski definition) is 6. The molecule has 7 nitrogen and oxygen atoms in total. The van der Waals surface area contributed by atoms with Gasteiger partial charge in [0.05, 0.1) is 29.1 Å². The van der Waals surface area contributed by atoms with E-state index in [0.29, 0.717) is 33.6 Å². The van der Waals surface area contributed by atoms with Crippen molar-refractivity contribution in [3.63, 3.8) is 0 Å². The number of carbonyl (C=O) groups is 2. The van der Waals surface area contributed by atoms with E-state index in [1.807, 2.05) is 0 Å². The number of anilines is 3. The zero-order chi connectivity index (χ0) is 20.1. The van der Waals surface area contributed by atoms with Gasteiger partial charge in [0, 0.05) is 6.07 Å². The van der Waals surface area contributed by atoms with Crippen LogP contribution in [0.4, 0.5) is 17.2 Å². The second-order valence-corrected chi connectivity index (χ2v) is 6.19. The van der Waals surface area contributed by atoms with E-state index in [2.05, 4.69) is 20.6 Å². The Morgan fingerprint density at radius 3 is 2.39 bits per heavy atom. The molecule has 0 spiro atoms. The molecule has 0 unspecified atom stereocenters. The van der Waals surface area contributed by atoms with Crippen molar-refractivity contribution < 1.29 is 14.3 Å². The summed E-state index contributed by atoms with van der Waals surface area (Å²) in [5.41, 5.74) is 1.50. The predicted octanol–water partition coefficient (Wildman–Crippen LogP) is 4.22. The fraction of sp³-hybridized carbons (Fsp3) is 0.100. The molecule has 0 bridgehead atoms. The standard InChI is InChI=1S/C20H17ClN4O3/c1-12-22-17(19(26)25-16-10-6-4-8-14(16)21)11-18(23-12)24-15-9-5-3-7-13(15)20(27)28-2/h3-11H,1-2H3,(H,25,26)(H,22,23,24). The molecule has 1 aromatic heterocycles. The Bertz CT molecular complexity index is 1040. The van der Waals surface area contributed by atoms with Gasteiger partial charge in [-0.3, -0.25) is 4.79 Å². The van der Waals surface area contributed by atoms with E-state index < -0.39 is 11.9 Å². The molecule has 2 aromatic carbocycles. The smallest absolute Gasteiger partial charge is 0.339 e. The summed E-state index contributed by atoms with van der Waals surface area (Å²) < 4.78 is 4.79. The normalized spacial score (nSPS) is 10.2. The highest BCUT2D eigenvalue weighted by molar-refractivity contribution is 6.33. The minimum absolute atomic E-state index is 0.158. The number of amides is 1. The minimum atomic E-state index is -0.481. The largest absolute Gasteiger partial charge is 0.465 e. The number of hydrogen-bond donors (Lipinski definition) is 2. The molecule has 8 heteroatoms. The quantitative estimate of drug-likeness (QED) is 0.627. The Morgan fingerprint density at radius 2 is 1.68 bits per heavy atom. The lowest BCUT2D eigenvalue weighted by atomic mass is 10.2. The van der Waals surface area contributed by atoms with Crippen LogP contribution in [0.15, 0.2) is 54.6 Å². The van der Waals surface area contributed by atoms with Crippen molar-refractivity contribution in [1.82, 2.24) is 9.97 Å². The number of aryl methyl sites for hydroxylation is 1. The number of ether oxygens (including phenoxy) is 1. The third-order valence-corrected chi connectivity index (χ3v) is 4.12. The van der Waals surface area contributed by atoms with Crippen LogP contribution in [0.2, 0.25) is 5.02 Å². The third kappa shape index (κ3) is 4.44. The number of nitrogens with zero attached hydrogens (tertiary/aromatic N) is 2. The van der Waals surface area contributed by atoms with Gasteiger partial charge in [-0.15, -0.1) is 0 Å². The summed E-state index contributed by atoms with van der Waals surface area (Å²) in [6, 6.07) is 15.3. The average Bonchev–Trinajstić information content (AvgIpc) is 2.69. The van der Waals surface area contributed by atoms with E-state index in [4.69, 9.17) is 16.3 Å². The number of rotatable bonds is 5. The first-order chi connectivity index (χ1) is 13.5. The van der Waals surface area contributed by atoms with Crippen molar-refractivity contribution in [2.24, 2.45) is 0 Å². The van der Waals surface area contributed by atoms with Crippen LogP contribution in [0.25, 0.3) is 0 Å². The number of nitrogens with one attached hydrogen (secondary N) is 2. The Kier molecular flexibility index (Phi) is 5.86. The average molecular weight is 397 g/mol. The van der Waals surface area contributed by atoms with Gasteiger partial charge in [0.2, 0.25) is 0 Å². The number of aromatic nitrogens is 2. The van der Waals surface area contributed by atoms with Gasteiger partial charge >= 0.3 is 5.97 Å². The second kappa shape index (κ2) is 8.49. The molecular formula is C20H17ClN4O3. The van der Waals surface area contributed by atoms with Crippen molar-refractivity contribution in [2.45, 2.75) is 6.92 Å². The summed E-state index contributed by atoms with van der Waals surface area (Å²) in [4.78, 5) is 33.0. The maximum Gasteiger partial charge on any atom is 0.339 e. The molecule has 0 fully saturated rings. The Morgan fingerprint density at radius 1 is 1.00 bits per heavy atom. The highest BCUT2D eigenvalue weighted by atomic mass is 35.5. The number of esters is 1. The molecular weight excluding hydrogens is 380 g/mol. The lowest BCUT2D eigenvalue weighted by molar-refractivity contribution is 0.0601. The number of para-hydroxylation sites is 2. The first kappa shape index (κ1) is 19.3. The van der Waals surface area contributed by atoms with Crippen LogP contribution in [0.5, 0.6) is 0 Å². The number of methoxy groups -OCH3 is 1. The van der Waals surface area contributed by atoms with Gasteiger partial charge in [0.1, 0.15) is 17.3 Å². The molecule has 28 heavy (non-hydrogen) atoms. The number of carbonyl (C=O) groups excluding carboxylic acids is 2. The maximum atomic E-state index is 12.6. The van der Waals surface area contributed by atoms with Crippen LogP contribution >= 0.6 is 11.6 Å². The zero-order valence-electron chi connectivity index (χ0n) is 15.2. The third-order valence-electron chi connectivity index (χ3n) is 3.79. The molecule has 3 aromatic rings. The molecule has 0 saturated heterocycles. The lowest BCUT2D eigenvalue weighted by Crippen LogP contribution is -2.16. The monoisotopic (exact) mass is 396 g/mol. The van der Waals surface area contributed by atoms with Crippen molar-refractivity contribution in [2.75, 3.05) is 17.7 Å². The Labute approximate surface area is 166 Å². The van der Waals surface area contributed by atoms with Gasteiger partial charge in [-0.1, -0.05) is 35.9 Å². The molecule has 0 radical (unpaired) electrons. The van der Waals surface area contributed by atoms with Crippen LogP contribution in [-0.2, 0) is 4.74 Å². The molecule has 142 valence electrons. The van der Waals surface area contributed by atoms with Crippen LogP contribution < -0.4 is 10.6 Å². The summed E-state index contributed by atoms with van der Waals surface area (Å²) in [6.45, 7) is 1.67. The van der Waals surface area contributed by atoms with Crippen LogP contribution in [-0.4, -0.2) is 29.0 Å². The van der Waals surface area contributed by atoms with Crippen LogP contribution in [0, 0.1) is 6.92 Å². The second-order valence-electron chi connectivity index (χ2n) is 5.78.